The highest BCUT2D eigenvalue weighted by molar-refractivity contribution is 8.01. The summed E-state index contributed by atoms with van der Waals surface area (Å²) in [5, 5.41) is 9.01. The molecule has 3 rings (SSSR count). The van der Waals surface area contributed by atoms with E-state index >= 15 is 0 Å². The molecule has 0 unspecified atom stereocenters. The van der Waals surface area contributed by atoms with Crippen LogP contribution in [0.5, 0.6) is 0 Å². The van der Waals surface area contributed by atoms with E-state index in [9.17, 15) is 14.0 Å². The van der Waals surface area contributed by atoms with Gasteiger partial charge in [-0.1, -0.05) is 34.7 Å². The molecule has 1 fully saturated rings. The lowest BCUT2D eigenvalue weighted by Gasteiger charge is -2.34. The van der Waals surface area contributed by atoms with E-state index in [0.29, 0.717) is 36.1 Å². The van der Waals surface area contributed by atoms with E-state index in [4.69, 9.17) is 17.3 Å². The maximum absolute atomic E-state index is 13.1. The molecule has 1 aliphatic heterocycles. The van der Waals surface area contributed by atoms with Gasteiger partial charge in [-0.3, -0.25) is 9.59 Å². The van der Waals surface area contributed by atoms with E-state index in [2.05, 4.69) is 10.2 Å². The summed E-state index contributed by atoms with van der Waals surface area (Å²) < 4.78 is 13.8. The number of halogens is 2. The Bertz CT molecular complexity index is 826. The normalized spacial score (nSPS) is 14.5. The van der Waals surface area contributed by atoms with Crippen LogP contribution in [0.4, 0.5) is 9.52 Å². The van der Waals surface area contributed by atoms with Gasteiger partial charge in [-0.15, -0.1) is 10.2 Å². The van der Waals surface area contributed by atoms with Crippen molar-refractivity contribution in [3.8, 4) is 0 Å². The van der Waals surface area contributed by atoms with Crippen LogP contribution in [0.2, 0.25) is 5.02 Å². The molecular weight excluding hydrogens is 401 g/mol. The Hall–Kier alpha value is -1.91. The summed E-state index contributed by atoms with van der Waals surface area (Å²) >= 11 is 8.61. The van der Waals surface area contributed by atoms with E-state index in [0.717, 1.165) is 11.2 Å². The Kier molecular flexibility index (Phi) is 5.94. The van der Waals surface area contributed by atoms with Gasteiger partial charge in [-0.05, 0) is 18.2 Å². The number of primary amides is 1. The molecule has 0 atom stereocenters. The van der Waals surface area contributed by atoms with Crippen LogP contribution in [0.1, 0.15) is 10.4 Å². The maximum Gasteiger partial charge on any atom is 0.255 e. The Morgan fingerprint density at radius 2 is 2.00 bits per heavy atom. The second-order valence-corrected chi connectivity index (χ2v) is 8.09. The van der Waals surface area contributed by atoms with Crippen LogP contribution in [-0.4, -0.2) is 58.8 Å². The first kappa shape index (κ1) is 18.9. The third kappa shape index (κ3) is 4.43. The SMILES string of the molecule is NC(=O)CSc1nnc(N2CCN(C(=O)c3ccc(F)cc3Cl)CC2)s1. The van der Waals surface area contributed by atoms with Gasteiger partial charge in [0, 0.05) is 26.2 Å². The zero-order valence-electron chi connectivity index (χ0n) is 13.5. The number of anilines is 1. The molecule has 1 aromatic carbocycles. The summed E-state index contributed by atoms with van der Waals surface area (Å²) in [5.41, 5.74) is 5.41. The van der Waals surface area contributed by atoms with Gasteiger partial charge in [-0.2, -0.15) is 0 Å². The van der Waals surface area contributed by atoms with Crippen molar-refractivity contribution in [3.05, 3.63) is 34.6 Å². The number of piperazine rings is 1. The third-order valence-corrected chi connectivity index (χ3v) is 6.19. The van der Waals surface area contributed by atoms with Crippen molar-refractivity contribution in [2.45, 2.75) is 4.34 Å². The molecular formula is C15H15ClFN5O2S2. The average Bonchev–Trinajstić information content (AvgIpc) is 3.09. The quantitative estimate of drug-likeness (QED) is 0.749. The highest BCUT2D eigenvalue weighted by Crippen LogP contribution is 2.28. The fourth-order valence-electron chi connectivity index (χ4n) is 2.46. The summed E-state index contributed by atoms with van der Waals surface area (Å²) in [4.78, 5) is 27.1. The predicted octanol–water partition coefficient (Wildman–Crippen LogP) is 1.87. The Labute approximate surface area is 162 Å². The van der Waals surface area contributed by atoms with Gasteiger partial charge in [0.15, 0.2) is 4.34 Å². The maximum atomic E-state index is 13.1. The zero-order chi connectivity index (χ0) is 18.7. The Morgan fingerprint density at radius 1 is 1.27 bits per heavy atom. The van der Waals surface area contributed by atoms with Gasteiger partial charge in [0.1, 0.15) is 5.82 Å². The Balaban J connectivity index is 1.58. The largest absolute Gasteiger partial charge is 0.369 e. The number of benzene rings is 1. The van der Waals surface area contributed by atoms with Gasteiger partial charge in [0.2, 0.25) is 11.0 Å². The summed E-state index contributed by atoms with van der Waals surface area (Å²) in [6.07, 6.45) is 0. The second kappa shape index (κ2) is 8.19. The van der Waals surface area contributed by atoms with Crippen molar-refractivity contribution in [1.29, 1.82) is 0 Å². The van der Waals surface area contributed by atoms with Gasteiger partial charge >= 0.3 is 0 Å². The number of hydrogen-bond donors (Lipinski definition) is 1. The lowest BCUT2D eigenvalue weighted by atomic mass is 10.1. The number of nitrogens with zero attached hydrogens (tertiary/aromatic N) is 4. The zero-order valence-corrected chi connectivity index (χ0v) is 15.9. The van der Waals surface area contributed by atoms with Crippen molar-refractivity contribution in [2.24, 2.45) is 5.73 Å². The van der Waals surface area contributed by atoms with E-state index in [1.807, 2.05) is 4.90 Å². The number of nitrogens with two attached hydrogens (primary N) is 1. The van der Waals surface area contributed by atoms with Crippen molar-refractivity contribution in [3.63, 3.8) is 0 Å². The minimum absolute atomic E-state index is 0.109. The van der Waals surface area contributed by atoms with Crippen LogP contribution in [0.15, 0.2) is 22.5 Å². The smallest absolute Gasteiger partial charge is 0.255 e. The van der Waals surface area contributed by atoms with Gasteiger partial charge in [0.05, 0.1) is 16.3 Å². The second-order valence-electron chi connectivity index (χ2n) is 5.51. The summed E-state index contributed by atoms with van der Waals surface area (Å²) in [6.45, 7) is 2.19. The molecule has 26 heavy (non-hydrogen) atoms. The van der Waals surface area contributed by atoms with Crippen LogP contribution in [0, 0.1) is 5.82 Å². The minimum atomic E-state index is -0.474. The van der Waals surface area contributed by atoms with Crippen LogP contribution in [0.25, 0.3) is 0 Å². The lowest BCUT2D eigenvalue weighted by Crippen LogP contribution is -2.48. The first-order valence-corrected chi connectivity index (χ1v) is 9.86. The number of carbonyl (C=O) groups excluding carboxylic acids is 2. The number of aromatic nitrogens is 2. The van der Waals surface area contributed by atoms with E-state index < -0.39 is 11.7 Å². The number of thioether (sulfide) groups is 1. The van der Waals surface area contributed by atoms with E-state index in [1.165, 1.54) is 35.2 Å². The molecule has 7 nitrogen and oxygen atoms in total. The summed E-state index contributed by atoms with van der Waals surface area (Å²) in [7, 11) is 0. The van der Waals surface area contributed by atoms with Crippen molar-refractivity contribution >= 4 is 51.6 Å². The fraction of sp³-hybridized carbons (Fsp3) is 0.333. The molecule has 0 spiro atoms. The molecule has 1 aliphatic rings. The van der Waals surface area contributed by atoms with Gasteiger partial charge in [-0.25, -0.2) is 4.39 Å². The van der Waals surface area contributed by atoms with Crippen molar-refractivity contribution in [2.75, 3.05) is 36.8 Å². The molecule has 138 valence electrons. The lowest BCUT2D eigenvalue weighted by molar-refractivity contribution is -0.115. The molecule has 2 N–H and O–H groups in total. The standard InChI is InChI=1S/C15H15ClFN5O2S2/c16-11-7-9(17)1-2-10(11)13(24)21-3-5-22(6-4-21)14-19-20-15(26-14)25-8-12(18)23/h1-2,7H,3-6,8H2,(H2,18,23). The van der Waals surface area contributed by atoms with Crippen LogP contribution in [0.3, 0.4) is 0 Å². The topological polar surface area (TPSA) is 92.4 Å². The Morgan fingerprint density at radius 3 is 2.65 bits per heavy atom. The highest BCUT2D eigenvalue weighted by Gasteiger charge is 2.25. The molecule has 2 aromatic rings. The van der Waals surface area contributed by atoms with Crippen LogP contribution < -0.4 is 10.6 Å². The number of hydrogen-bond acceptors (Lipinski definition) is 7. The third-order valence-electron chi connectivity index (χ3n) is 3.73. The molecule has 0 radical (unpaired) electrons. The average molecular weight is 416 g/mol. The molecule has 0 saturated carbocycles. The molecule has 11 heteroatoms. The number of rotatable bonds is 5. The van der Waals surface area contributed by atoms with Crippen molar-refractivity contribution < 1.29 is 14.0 Å². The summed E-state index contributed by atoms with van der Waals surface area (Å²) in [6, 6.07) is 3.76. The van der Waals surface area contributed by atoms with Crippen LogP contribution >= 0.6 is 34.7 Å². The molecule has 1 aromatic heterocycles. The first-order chi connectivity index (χ1) is 12.4. The van der Waals surface area contributed by atoms with E-state index in [1.54, 1.807) is 4.90 Å². The minimum Gasteiger partial charge on any atom is -0.369 e. The summed E-state index contributed by atoms with van der Waals surface area (Å²) in [5.74, 6) is -0.935. The molecule has 2 amide bonds. The molecule has 0 aliphatic carbocycles. The highest BCUT2D eigenvalue weighted by atomic mass is 35.5. The van der Waals surface area contributed by atoms with Gasteiger partial charge in [0.25, 0.3) is 5.91 Å². The number of amides is 2. The fourth-order valence-corrected chi connectivity index (χ4v) is 4.34. The van der Waals surface area contributed by atoms with Gasteiger partial charge < -0.3 is 15.5 Å². The van der Waals surface area contributed by atoms with E-state index in [-0.39, 0.29) is 16.7 Å². The monoisotopic (exact) mass is 415 g/mol. The first-order valence-electron chi connectivity index (χ1n) is 7.68. The van der Waals surface area contributed by atoms with Crippen molar-refractivity contribution in [1.82, 2.24) is 15.1 Å². The molecule has 0 bridgehead atoms. The van der Waals surface area contributed by atoms with Crippen LogP contribution in [-0.2, 0) is 4.79 Å². The number of carbonyl (C=O) groups is 2. The molecule has 2 heterocycles. The molecule has 1 saturated heterocycles. The predicted molar refractivity (Wildman–Crippen MR) is 99.4 cm³/mol.